The molecular formula is C22H29N5O4S. The summed E-state index contributed by atoms with van der Waals surface area (Å²) in [7, 11) is -3.70. The highest BCUT2D eigenvalue weighted by atomic mass is 32.2. The fourth-order valence-corrected chi connectivity index (χ4v) is 4.73. The summed E-state index contributed by atoms with van der Waals surface area (Å²) in [5.41, 5.74) is 0.954. The van der Waals surface area contributed by atoms with Crippen LogP contribution in [-0.4, -0.2) is 60.6 Å². The summed E-state index contributed by atoms with van der Waals surface area (Å²) in [4.78, 5) is 20.7. The van der Waals surface area contributed by atoms with Crippen molar-refractivity contribution in [2.24, 2.45) is 0 Å². The Labute approximate surface area is 188 Å². The second-order valence-electron chi connectivity index (χ2n) is 8.39. The van der Waals surface area contributed by atoms with E-state index in [1.54, 1.807) is 36.5 Å². The first kappa shape index (κ1) is 23.7. The van der Waals surface area contributed by atoms with Gasteiger partial charge in [-0.1, -0.05) is 18.2 Å². The van der Waals surface area contributed by atoms with Crippen molar-refractivity contribution >= 4 is 33.3 Å². The highest BCUT2D eigenvalue weighted by molar-refractivity contribution is 7.90. The Morgan fingerprint density at radius 3 is 2.31 bits per heavy atom. The van der Waals surface area contributed by atoms with Crippen molar-refractivity contribution in [3.63, 3.8) is 0 Å². The first-order valence-electron chi connectivity index (χ1n) is 10.4. The number of aromatic nitrogens is 3. The second kappa shape index (κ2) is 9.66. The number of piperazine rings is 1. The summed E-state index contributed by atoms with van der Waals surface area (Å²) in [5.74, 6) is 0.797. The van der Waals surface area contributed by atoms with E-state index in [9.17, 15) is 13.2 Å². The van der Waals surface area contributed by atoms with Crippen LogP contribution < -0.4 is 10.2 Å². The standard InChI is InChI=1S/C17H19N5O2S.C5H10O2/c1-13-11-22(25(23,24)14-5-3-2-4-6-14)17-15(13)16(19-12-20-17)21-9-7-18-8-10-21;1-5(2,3)7-4-6/h2-6,11-12,18H,7-10H2,1H3;4H,1-3H3. The maximum Gasteiger partial charge on any atom is 0.293 e. The number of hydrogen-bond acceptors (Lipinski definition) is 8. The first-order chi connectivity index (χ1) is 15.1. The lowest BCUT2D eigenvalue weighted by molar-refractivity contribution is -0.138. The van der Waals surface area contributed by atoms with Crippen LogP contribution in [0.5, 0.6) is 0 Å². The van der Waals surface area contributed by atoms with Crippen LogP contribution in [0.4, 0.5) is 5.82 Å². The molecule has 0 saturated carbocycles. The van der Waals surface area contributed by atoms with E-state index < -0.39 is 10.0 Å². The molecule has 0 aliphatic carbocycles. The number of ether oxygens (including phenoxy) is 1. The lowest BCUT2D eigenvalue weighted by Crippen LogP contribution is -2.44. The van der Waals surface area contributed by atoms with Gasteiger partial charge >= 0.3 is 0 Å². The molecule has 32 heavy (non-hydrogen) atoms. The summed E-state index contributed by atoms with van der Waals surface area (Å²) < 4.78 is 31.9. The van der Waals surface area contributed by atoms with E-state index in [-0.39, 0.29) is 10.5 Å². The number of anilines is 1. The maximum absolute atomic E-state index is 13.0. The molecule has 2 aromatic heterocycles. The second-order valence-corrected chi connectivity index (χ2v) is 10.2. The molecule has 0 radical (unpaired) electrons. The molecule has 1 saturated heterocycles. The van der Waals surface area contributed by atoms with Gasteiger partial charge in [0, 0.05) is 32.4 Å². The van der Waals surface area contributed by atoms with Crippen molar-refractivity contribution in [3.05, 3.63) is 48.4 Å². The minimum Gasteiger partial charge on any atom is -0.462 e. The smallest absolute Gasteiger partial charge is 0.293 e. The molecule has 1 aromatic carbocycles. The highest BCUT2D eigenvalue weighted by Gasteiger charge is 2.24. The Kier molecular flexibility index (Phi) is 7.15. The molecule has 0 atom stereocenters. The van der Waals surface area contributed by atoms with Crippen molar-refractivity contribution in [1.82, 2.24) is 19.3 Å². The Hall–Kier alpha value is -2.98. The van der Waals surface area contributed by atoms with Crippen molar-refractivity contribution in [2.75, 3.05) is 31.1 Å². The van der Waals surface area contributed by atoms with Gasteiger partial charge in [-0.05, 0) is 45.4 Å². The number of carbonyl (C=O) groups excluding carboxylic acids is 1. The highest BCUT2D eigenvalue weighted by Crippen LogP contribution is 2.30. The third-order valence-electron chi connectivity index (χ3n) is 4.84. The average Bonchev–Trinajstić information content (AvgIpc) is 3.12. The molecule has 1 aliphatic rings. The Balaban J connectivity index is 0.000000360. The lowest BCUT2D eigenvalue weighted by atomic mass is 10.2. The number of fused-ring (bicyclic) bond motifs is 1. The minimum absolute atomic E-state index is 0.245. The summed E-state index contributed by atoms with van der Waals surface area (Å²) in [6, 6.07) is 8.41. The van der Waals surface area contributed by atoms with E-state index in [4.69, 9.17) is 0 Å². The number of hydrogen-bond donors (Lipinski definition) is 1. The predicted octanol–water partition coefficient (Wildman–Crippen LogP) is 2.34. The summed E-state index contributed by atoms with van der Waals surface area (Å²) in [6.45, 7) is 11.3. The van der Waals surface area contributed by atoms with Gasteiger partial charge in [0.1, 0.15) is 17.7 Å². The summed E-state index contributed by atoms with van der Waals surface area (Å²) >= 11 is 0. The topological polar surface area (TPSA) is 106 Å². The largest absolute Gasteiger partial charge is 0.462 e. The van der Waals surface area contributed by atoms with Gasteiger partial charge in [0.25, 0.3) is 16.5 Å². The van der Waals surface area contributed by atoms with Crippen molar-refractivity contribution in [1.29, 1.82) is 0 Å². The number of carbonyl (C=O) groups is 1. The van der Waals surface area contributed by atoms with Gasteiger partial charge in [-0.3, -0.25) is 4.79 Å². The van der Waals surface area contributed by atoms with Crippen LogP contribution in [0.15, 0.2) is 47.8 Å². The Bertz CT molecular complexity index is 1160. The fourth-order valence-electron chi connectivity index (χ4n) is 3.34. The molecule has 3 aromatic rings. The molecule has 0 spiro atoms. The first-order valence-corrected chi connectivity index (χ1v) is 11.8. The van der Waals surface area contributed by atoms with Gasteiger partial charge < -0.3 is 15.0 Å². The molecular weight excluding hydrogens is 430 g/mol. The lowest BCUT2D eigenvalue weighted by Gasteiger charge is -2.28. The van der Waals surface area contributed by atoms with Crippen LogP contribution in [0.2, 0.25) is 0 Å². The van der Waals surface area contributed by atoms with Gasteiger partial charge in [-0.25, -0.2) is 22.4 Å². The maximum atomic E-state index is 13.0. The van der Waals surface area contributed by atoms with E-state index in [1.807, 2.05) is 27.7 Å². The molecule has 1 fully saturated rings. The van der Waals surface area contributed by atoms with E-state index >= 15 is 0 Å². The van der Waals surface area contributed by atoms with Gasteiger partial charge in [0.15, 0.2) is 5.65 Å². The van der Waals surface area contributed by atoms with Crippen LogP contribution in [0, 0.1) is 6.92 Å². The molecule has 0 bridgehead atoms. The zero-order valence-electron chi connectivity index (χ0n) is 18.8. The quantitative estimate of drug-likeness (QED) is 0.593. The monoisotopic (exact) mass is 459 g/mol. The van der Waals surface area contributed by atoms with E-state index in [2.05, 4.69) is 24.9 Å². The van der Waals surface area contributed by atoms with Crippen molar-refractivity contribution in [3.8, 4) is 0 Å². The van der Waals surface area contributed by atoms with Gasteiger partial charge in [-0.15, -0.1) is 0 Å². The molecule has 9 nitrogen and oxygen atoms in total. The predicted molar refractivity (Wildman–Crippen MR) is 123 cm³/mol. The normalized spacial score (nSPS) is 14.6. The van der Waals surface area contributed by atoms with Crippen LogP contribution in [0.25, 0.3) is 11.0 Å². The number of aryl methyl sites for hydroxylation is 1. The van der Waals surface area contributed by atoms with E-state index in [0.717, 1.165) is 42.9 Å². The molecule has 0 amide bonds. The zero-order chi connectivity index (χ0) is 23.4. The SMILES string of the molecule is CC(C)(C)OC=O.Cc1cn(S(=O)(=O)c2ccccc2)c2ncnc(N3CCNCC3)c12. The van der Waals surface area contributed by atoms with Crippen LogP contribution in [-0.2, 0) is 19.6 Å². The zero-order valence-corrected chi connectivity index (χ0v) is 19.6. The average molecular weight is 460 g/mol. The molecule has 3 heterocycles. The van der Waals surface area contributed by atoms with Gasteiger partial charge in [0.05, 0.1) is 10.3 Å². The Morgan fingerprint density at radius 1 is 1.09 bits per heavy atom. The molecule has 172 valence electrons. The minimum atomic E-state index is -3.70. The van der Waals surface area contributed by atoms with Gasteiger partial charge in [0.2, 0.25) is 0 Å². The van der Waals surface area contributed by atoms with E-state index in [1.165, 1.54) is 10.3 Å². The van der Waals surface area contributed by atoms with E-state index in [0.29, 0.717) is 12.1 Å². The Morgan fingerprint density at radius 2 is 1.75 bits per heavy atom. The number of nitrogens with one attached hydrogen (secondary N) is 1. The molecule has 4 rings (SSSR count). The van der Waals surface area contributed by atoms with Crippen molar-refractivity contribution in [2.45, 2.75) is 38.2 Å². The third-order valence-corrected chi connectivity index (χ3v) is 6.50. The van der Waals surface area contributed by atoms with Gasteiger partial charge in [-0.2, -0.15) is 0 Å². The summed E-state index contributed by atoms with van der Waals surface area (Å²) in [6.07, 6.45) is 3.07. The fraction of sp³-hybridized carbons (Fsp3) is 0.409. The third kappa shape index (κ3) is 5.25. The molecule has 1 N–H and O–H groups in total. The van der Waals surface area contributed by atoms with Crippen LogP contribution in [0.1, 0.15) is 26.3 Å². The molecule has 10 heteroatoms. The molecule has 1 aliphatic heterocycles. The van der Waals surface area contributed by atoms with Crippen molar-refractivity contribution < 1.29 is 17.9 Å². The van der Waals surface area contributed by atoms with Crippen LogP contribution >= 0.6 is 0 Å². The molecule has 0 unspecified atom stereocenters. The summed E-state index contributed by atoms with van der Waals surface area (Å²) in [5, 5.41) is 4.11. The number of benzene rings is 1. The number of nitrogens with zero attached hydrogens (tertiary/aromatic N) is 4. The van der Waals surface area contributed by atoms with Crippen LogP contribution in [0.3, 0.4) is 0 Å². The number of rotatable bonds is 4.